The standard InChI is InChI=1S/C15H20F3N/c1-19(2)14-8-6-11(7-9-14)12-4-3-5-13(10-12)15(16,17)18/h3-5,10-11,14H,6-9H2,1-2H3. The second kappa shape index (κ2) is 5.53. The topological polar surface area (TPSA) is 3.24 Å². The van der Waals surface area contributed by atoms with Crippen molar-refractivity contribution >= 4 is 0 Å². The molecule has 0 atom stereocenters. The van der Waals surface area contributed by atoms with Crippen LogP contribution in [0.1, 0.15) is 42.7 Å². The molecule has 0 amide bonds. The van der Waals surface area contributed by atoms with Crippen LogP contribution in [-0.2, 0) is 6.18 Å². The van der Waals surface area contributed by atoms with Gasteiger partial charge in [0.1, 0.15) is 0 Å². The Kier molecular flexibility index (Phi) is 4.19. The van der Waals surface area contributed by atoms with Crippen LogP contribution < -0.4 is 0 Å². The van der Waals surface area contributed by atoms with E-state index in [1.165, 1.54) is 12.1 Å². The fourth-order valence-corrected chi connectivity index (χ4v) is 2.89. The van der Waals surface area contributed by atoms with Gasteiger partial charge in [0.2, 0.25) is 0 Å². The molecule has 19 heavy (non-hydrogen) atoms. The first-order valence-electron chi connectivity index (χ1n) is 6.71. The monoisotopic (exact) mass is 271 g/mol. The fraction of sp³-hybridized carbons (Fsp3) is 0.600. The van der Waals surface area contributed by atoms with Gasteiger partial charge in [-0.2, -0.15) is 13.2 Å². The van der Waals surface area contributed by atoms with Crippen LogP contribution in [0.25, 0.3) is 0 Å². The average Bonchev–Trinajstić information content (AvgIpc) is 2.38. The number of halogens is 3. The SMILES string of the molecule is CN(C)C1CCC(c2cccc(C(F)(F)F)c2)CC1. The van der Waals surface area contributed by atoms with E-state index in [0.717, 1.165) is 37.3 Å². The first kappa shape index (κ1) is 14.4. The number of nitrogens with zero attached hydrogens (tertiary/aromatic N) is 1. The summed E-state index contributed by atoms with van der Waals surface area (Å²) >= 11 is 0. The highest BCUT2D eigenvalue weighted by molar-refractivity contribution is 5.28. The average molecular weight is 271 g/mol. The van der Waals surface area contributed by atoms with Gasteiger partial charge in [0, 0.05) is 6.04 Å². The Morgan fingerprint density at radius 2 is 1.68 bits per heavy atom. The minimum Gasteiger partial charge on any atom is -0.306 e. The highest BCUT2D eigenvalue weighted by Crippen LogP contribution is 2.37. The molecule has 0 N–H and O–H groups in total. The number of benzene rings is 1. The maximum Gasteiger partial charge on any atom is 0.416 e. The highest BCUT2D eigenvalue weighted by atomic mass is 19.4. The van der Waals surface area contributed by atoms with Gasteiger partial charge in [0.25, 0.3) is 0 Å². The molecule has 1 aromatic rings. The Balaban J connectivity index is 2.08. The van der Waals surface area contributed by atoms with Crippen molar-refractivity contribution < 1.29 is 13.2 Å². The van der Waals surface area contributed by atoms with Gasteiger partial charge in [-0.05, 0) is 57.3 Å². The molecule has 1 fully saturated rings. The third-order valence-corrected chi connectivity index (χ3v) is 4.11. The van der Waals surface area contributed by atoms with Crippen LogP contribution in [0.15, 0.2) is 24.3 Å². The van der Waals surface area contributed by atoms with Crippen LogP contribution in [0.3, 0.4) is 0 Å². The maximum atomic E-state index is 12.7. The van der Waals surface area contributed by atoms with Gasteiger partial charge in [-0.3, -0.25) is 0 Å². The van der Waals surface area contributed by atoms with Crippen LogP contribution in [0, 0.1) is 0 Å². The lowest BCUT2D eigenvalue weighted by Crippen LogP contribution is -2.31. The lowest BCUT2D eigenvalue weighted by atomic mass is 9.81. The van der Waals surface area contributed by atoms with Crippen molar-refractivity contribution in [2.24, 2.45) is 0 Å². The molecule has 106 valence electrons. The summed E-state index contributed by atoms with van der Waals surface area (Å²) in [5, 5.41) is 0. The molecule has 1 aliphatic rings. The first-order valence-corrected chi connectivity index (χ1v) is 6.71. The van der Waals surface area contributed by atoms with Crippen LogP contribution in [0.2, 0.25) is 0 Å². The van der Waals surface area contributed by atoms with Crippen molar-refractivity contribution in [3.63, 3.8) is 0 Å². The van der Waals surface area contributed by atoms with Crippen LogP contribution in [0.5, 0.6) is 0 Å². The normalized spacial score (nSPS) is 24.7. The van der Waals surface area contributed by atoms with Crippen LogP contribution >= 0.6 is 0 Å². The summed E-state index contributed by atoms with van der Waals surface area (Å²) < 4.78 is 38.1. The van der Waals surface area contributed by atoms with Gasteiger partial charge in [0.15, 0.2) is 0 Å². The van der Waals surface area contributed by atoms with Gasteiger partial charge in [-0.25, -0.2) is 0 Å². The predicted molar refractivity (Wildman–Crippen MR) is 70.1 cm³/mol. The van der Waals surface area contributed by atoms with Crippen molar-refractivity contribution in [3.8, 4) is 0 Å². The van der Waals surface area contributed by atoms with Gasteiger partial charge in [-0.15, -0.1) is 0 Å². The molecule has 0 radical (unpaired) electrons. The molecule has 1 aromatic carbocycles. The molecule has 0 bridgehead atoms. The molecule has 0 aromatic heterocycles. The molecule has 0 heterocycles. The van der Waals surface area contributed by atoms with Crippen LogP contribution in [0.4, 0.5) is 13.2 Å². The molecule has 1 nitrogen and oxygen atoms in total. The minimum absolute atomic E-state index is 0.276. The first-order chi connectivity index (χ1) is 8.88. The van der Waals surface area contributed by atoms with Crippen molar-refractivity contribution in [3.05, 3.63) is 35.4 Å². The molecule has 0 unspecified atom stereocenters. The molecular weight excluding hydrogens is 251 g/mol. The summed E-state index contributed by atoms with van der Waals surface area (Å²) in [5.74, 6) is 0.276. The van der Waals surface area contributed by atoms with E-state index >= 15 is 0 Å². The van der Waals surface area contributed by atoms with E-state index < -0.39 is 11.7 Å². The zero-order valence-electron chi connectivity index (χ0n) is 11.4. The van der Waals surface area contributed by atoms with Crippen molar-refractivity contribution in [2.45, 2.75) is 43.8 Å². The molecule has 1 saturated carbocycles. The third-order valence-electron chi connectivity index (χ3n) is 4.11. The molecular formula is C15H20F3N. The third kappa shape index (κ3) is 3.50. The Labute approximate surface area is 112 Å². The Bertz CT molecular complexity index is 418. The van der Waals surface area contributed by atoms with Crippen molar-refractivity contribution in [2.75, 3.05) is 14.1 Å². The van der Waals surface area contributed by atoms with Crippen molar-refractivity contribution in [1.82, 2.24) is 4.90 Å². The fourth-order valence-electron chi connectivity index (χ4n) is 2.89. The van der Waals surface area contributed by atoms with E-state index in [0.29, 0.717) is 6.04 Å². The summed E-state index contributed by atoms with van der Waals surface area (Å²) in [5.41, 5.74) is 0.312. The number of hydrogen-bond donors (Lipinski definition) is 0. The van der Waals surface area contributed by atoms with E-state index in [4.69, 9.17) is 0 Å². The molecule has 0 spiro atoms. The smallest absolute Gasteiger partial charge is 0.306 e. The van der Waals surface area contributed by atoms with E-state index in [9.17, 15) is 13.2 Å². The zero-order valence-corrected chi connectivity index (χ0v) is 11.4. The van der Waals surface area contributed by atoms with E-state index in [1.54, 1.807) is 0 Å². The number of hydrogen-bond acceptors (Lipinski definition) is 1. The number of alkyl halides is 3. The van der Waals surface area contributed by atoms with E-state index in [-0.39, 0.29) is 5.92 Å². The second-order valence-electron chi connectivity index (χ2n) is 5.59. The van der Waals surface area contributed by atoms with Gasteiger partial charge in [-0.1, -0.05) is 18.2 Å². The van der Waals surface area contributed by atoms with Crippen LogP contribution in [-0.4, -0.2) is 25.0 Å². The van der Waals surface area contributed by atoms with E-state index in [1.807, 2.05) is 6.07 Å². The Hall–Kier alpha value is -1.03. The largest absolute Gasteiger partial charge is 0.416 e. The van der Waals surface area contributed by atoms with Gasteiger partial charge < -0.3 is 4.90 Å². The van der Waals surface area contributed by atoms with Crippen molar-refractivity contribution in [1.29, 1.82) is 0 Å². The summed E-state index contributed by atoms with van der Waals surface area (Å²) in [4.78, 5) is 2.21. The molecule has 4 heteroatoms. The van der Waals surface area contributed by atoms with Gasteiger partial charge in [0.05, 0.1) is 5.56 Å². The summed E-state index contributed by atoms with van der Waals surface area (Å²) in [6.07, 6.45) is -0.160. The maximum absolute atomic E-state index is 12.7. The summed E-state index contributed by atoms with van der Waals surface area (Å²) in [6.45, 7) is 0. The van der Waals surface area contributed by atoms with E-state index in [2.05, 4.69) is 19.0 Å². The molecule has 2 rings (SSSR count). The predicted octanol–water partition coefficient (Wildman–Crippen LogP) is 4.29. The second-order valence-corrected chi connectivity index (χ2v) is 5.59. The molecule has 0 aliphatic heterocycles. The molecule has 0 saturated heterocycles. The molecule has 1 aliphatic carbocycles. The lowest BCUT2D eigenvalue weighted by molar-refractivity contribution is -0.137. The van der Waals surface area contributed by atoms with Gasteiger partial charge >= 0.3 is 6.18 Å². The quantitative estimate of drug-likeness (QED) is 0.775. The number of rotatable bonds is 2. The summed E-state index contributed by atoms with van der Waals surface area (Å²) in [6, 6.07) is 6.39. The lowest BCUT2D eigenvalue weighted by Gasteiger charge is -2.33. The Morgan fingerprint density at radius 1 is 1.05 bits per heavy atom. The summed E-state index contributed by atoms with van der Waals surface area (Å²) in [7, 11) is 4.13. The Morgan fingerprint density at radius 3 is 2.21 bits per heavy atom. The minimum atomic E-state index is -4.24. The zero-order chi connectivity index (χ0) is 14.0. The highest BCUT2D eigenvalue weighted by Gasteiger charge is 2.31.